The highest BCUT2D eigenvalue weighted by molar-refractivity contribution is 6.14. The lowest BCUT2D eigenvalue weighted by Crippen LogP contribution is -2.04. The number of hydrogen-bond donors (Lipinski definition) is 0. The Hall–Kier alpha value is -8.83. The molecule has 0 atom stereocenters. The van der Waals surface area contributed by atoms with Crippen LogP contribution in [0.5, 0.6) is 0 Å². The smallest absolute Gasteiger partial charge is 0.166 e. The van der Waals surface area contributed by atoms with Crippen molar-refractivity contribution < 1.29 is 4.42 Å². The molecule has 11 heteroatoms. The summed E-state index contributed by atoms with van der Waals surface area (Å²) in [4.78, 5) is 43.6. The molecular weight excluding hydrogens is 817 g/mol. The Labute approximate surface area is 378 Å². The van der Waals surface area contributed by atoms with E-state index >= 15 is 0 Å². The second-order valence-corrected chi connectivity index (χ2v) is 16.4. The average molecular weight is 855 g/mol. The molecule has 66 heavy (non-hydrogen) atoms. The minimum Gasteiger partial charge on any atom is -0.456 e. The highest BCUT2D eigenvalue weighted by Crippen LogP contribution is 2.42. The first-order chi connectivity index (χ1) is 32.3. The van der Waals surface area contributed by atoms with Gasteiger partial charge in [-0.3, -0.25) is 0 Å². The van der Waals surface area contributed by atoms with Crippen molar-refractivity contribution in [2.24, 2.45) is 0 Å². The summed E-state index contributed by atoms with van der Waals surface area (Å²) in [6, 6.07) is 53.9. The van der Waals surface area contributed by atoms with Gasteiger partial charge in [0, 0.05) is 49.4 Å². The molecule has 12 aromatic rings. The Morgan fingerprint density at radius 2 is 0.818 bits per heavy atom. The van der Waals surface area contributed by atoms with E-state index in [1.807, 2.05) is 113 Å². The molecule has 0 unspecified atom stereocenters. The zero-order chi connectivity index (χ0) is 44.5. The molecule has 314 valence electrons. The summed E-state index contributed by atoms with van der Waals surface area (Å²) in [5, 5.41) is 4.09. The van der Waals surface area contributed by atoms with Gasteiger partial charge in [-0.2, -0.15) is 0 Å². The van der Waals surface area contributed by atoms with Crippen LogP contribution in [-0.2, 0) is 0 Å². The molecule has 0 fully saturated rings. The van der Waals surface area contributed by atoms with Crippen LogP contribution in [-0.4, -0.2) is 49.4 Å². The maximum atomic E-state index is 6.39. The van der Waals surface area contributed by atoms with E-state index in [-0.39, 0.29) is 0 Å². The Balaban J connectivity index is 1.17. The Kier molecular flexibility index (Phi) is 9.09. The van der Waals surface area contributed by atoms with E-state index in [1.165, 1.54) is 0 Å². The van der Waals surface area contributed by atoms with Gasteiger partial charge in [0.1, 0.15) is 34.5 Å². The molecule has 12 rings (SSSR count). The van der Waals surface area contributed by atoms with Crippen LogP contribution in [0.25, 0.3) is 117 Å². The minimum absolute atomic E-state index is 0.527. The number of rotatable bonds is 7. The molecule has 7 aromatic carbocycles. The van der Waals surface area contributed by atoms with Crippen molar-refractivity contribution in [1.82, 2.24) is 49.4 Å². The molecule has 0 saturated heterocycles. The SMILES string of the molecule is Cc1nc(C)nc(-c2ccc3c(c2)c2cc(-c4nc(C)nc(C)n4)ccc2n3-c2ccc(-c3cccc4oc5ccccc5c34)cc2-c2nc(-c3ccccc3)nc(-c3ccccc3)n2)n1. The van der Waals surface area contributed by atoms with Gasteiger partial charge >= 0.3 is 0 Å². The standard InChI is InChI=1S/C55H38N10O/c1-31-56-32(2)59-53(58-31)38-23-26-45-42(29-38)43-30-39(54-60-33(3)57-34(4)61-54)24-27-46(43)65(45)47-25-22-37(40-19-13-21-49-50(40)41-18-11-12-20-48(41)66-49)28-44(47)55-63-51(35-14-7-5-8-15-35)62-52(64-55)36-16-9-6-10-17-36/h5-30H,1-4H3. The van der Waals surface area contributed by atoms with Crippen LogP contribution in [0.2, 0.25) is 0 Å². The lowest BCUT2D eigenvalue weighted by atomic mass is 9.96. The summed E-state index contributed by atoms with van der Waals surface area (Å²) in [6.07, 6.45) is 0. The summed E-state index contributed by atoms with van der Waals surface area (Å²) in [5.74, 6) is 5.54. The van der Waals surface area contributed by atoms with Crippen molar-refractivity contribution in [1.29, 1.82) is 0 Å². The van der Waals surface area contributed by atoms with Crippen molar-refractivity contribution >= 4 is 43.7 Å². The first-order valence-electron chi connectivity index (χ1n) is 21.7. The zero-order valence-electron chi connectivity index (χ0n) is 36.4. The second-order valence-electron chi connectivity index (χ2n) is 16.4. The van der Waals surface area contributed by atoms with Gasteiger partial charge in [0.15, 0.2) is 29.1 Å². The number of fused-ring (bicyclic) bond motifs is 6. The van der Waals surface area contributed by atoms with Crippen molar-refractivity contribution in [3.63, 3.8) is 0 Å². The third-order valence-electron chi connectivity index (χ3n) is 11.9. The largest absolute Gasteiger partial charge is 0.456 e. The lowest BCUT2D eigenvalue weighted by Gasteiger charge is -2.17. The van der Waals surface area contributed by atoms with Crippen LogP contribution >= 0.6 is 0 Å². The molecule has 0 bridgehead atoms. The Morgan fingerprint density at radius 1 is 0.333 bits per heavy atom. The highest BCUT2D eigenvalue weighted by Gasteiger charge is 2.23. The van der Waals surface area contributed by atoms with Crippen LogP contribution in [0.4, 0.5) is 0 Å². The molecule has 0 spiro atoms. The van der Waals surface area contributed by atoms with Crippen molar-refractivity contribution in [2.75, 3.05) is 0 Å². The van der Waals surface area contributed by atoms with Gasteiger partial charge < -0.3 is 8.98 Å². The predicted octanol–water partition coefficient (Wildman–Crippen LogP) is 12.5. The minimum atomic E-state index is 0.527. The van der Waals surface area contributed by atoms with Gasteiger partial charge in [-0.1, -0.05) is 97.1 Å². The van der Waals surface area contributed by atoms with Crippen LogP contribution in [0.15, 0.2) is 162 Å². The van der Waals surface area contributed by atoms with Crippen molar-refractivity contribution in [2.45, 2.75) is 27.7 Å². The third-order valence-corrected chi connectivity index (χ3v) is 11.9. The quantitative estimate of drug-likeness (QED) is 0.152. The number of nitrogens with zero attached hydrogens (tertiary/aromatic N) is 10. The molecule has 0 saturated carbocycles. The molecule has 11 nitrogen and oxygen atoms in total. The fourth-order valence-corrected chi connectivity index (χ4v) is 9.07. The summed E-state index contributed by atoms with van der Waals surface area (Å²) in [7, 11) is 0. The summed E-state index contributed by atoms with van der Waals surface area (Å²) >= 11 is 0. The fourth-order valence-electron chi connectivity index (χ4n) is 9.07. The first kappa shape index (κ1) is 38.8. The molecule has 5 heterocycles. The van der Waals surface area contributed by atoms with Gasteiger partial charge in [-0.15, -0.1) is 0 Å². The van der Waals surface area contributed by atoms with Crippen molar-refractivity contribution in [3.05, 3.63) is 181 Å². The van der Waals surface area contributed by atoms with Crippen LogP contribution in [0.1, 0.15) is 23.3 Å². The van der Waals surface area contributed by atoms with Gasteiger partial charge in [0.2, 0.25) is 0 Å². The zero-order valence-corrected chi connectivity index (χ0v) is 36.4. The summed E-state index contributed by atoms with van der Waals surface area (Å²) < 4.78 is 8.68. The van der Waals surface area contributed by atoms with Gasteiger partial charge in [0.05, 0.1) is 16.7 Å². The highest BCUT2D eigenvalue weighted by atomic mass is 16.3. The number of aryl methyl sites for hydroxylation is 4. The number of para-hydroxylation sites is 1. The maximum absolute atomic E-state index is 6.39. The fraction of sp³-hybridized carbons (Fsp3) is 0.0727. The summed E-state index contributed by atoms with van der Waals surface area (Å²) in [6.45, 7) is 7.56. The monoisotopic (exact) mass is 854 g/mol. The van der Waals surface area contributed by atoms with E-state index in [2.05, 4.69) is 87.3 Å². The predicted molar refractivity (Wildman–Crippen MR) is 260 cm³/mol. The first-order valence-corrected chi connectivity index (χ1v) is 21.7. The van der Waals surface area contributed by atoms with E-state index in [9.17, 15) is 0 Å². The molecular formula is C55H38N10O. The molecule has 0 aliphatic rings. The molecule has 0 amide bonds. The lowest BCUT2D eigenvalue weighted by molar-refractivity contribution is 0.669. The van der Waals surface area contributed by atoms with Crippen LogP contribution in [0.3, 0.4) is 0 Å². The number of aromatic nitrogens is 10. The van der Waals surface area contributed by atoms with Crippen LogP contribution < -0.4 is 0 Å². The second kappa shape index (κ2) is 15.5. The van der Waals surface area contributed by atoms with Gasteiger partial charge in [0.25, 0.3) is 0 Å². The molecule has 5 aromatic heterocycles. The van der Waals surface area contributed by atoms with Crippen LogP contribution in [0, 0.1) is 27.7 Å². The van der Waals surface area contributed by atoms with E-state index in [0.29, 0.717) is 52.4 Å². The molecule has 0 N–H and O–H groups in total. The molecule has 0 radical (unpaired) electrons. The third kappa shape index (κ3) is 6.72. The maximum Gasteiger partial charge on any atom is 0.166 e. The van der Waals surface area contributed by atoms with Gasteiger partial charge in [-0.05, 0) is 99.5 Å². The molecule has 0 aliphatic heterocycles. The topological polar surface area (TPSA) is 134 Å². The normalized spacial score (nSPS) is 11.6. The number of hydrogen-bond acceptors (Lipinski definition) is 10. The van der Waals surface area contributed by atoms with E-state index in [0.717, 1.165) is 88.4 Å². The molecule has 0 aliphatic carbocycles. The van der Waals surface area contributed by atoms with E-state index in [1.54, 1.807) is 0 Å². The average Bonchev–Trinajstić information content (AvgIpc) is 3.89. The number of furan rings is 1. The van der Waals surface area contributed by atoms with Crippen molar-refractivity contribution in [3.8, 4) is 73.8 Å². The Bertz CT molecular complexity index is 3670. The summed E-state index contributed by atoms with van der Waals surface area (Å²) in [5.41, 5.74) is 10.8. The van der Waals surface area contributed by atoms with E-state index < -0.39 is 0 Å². The van der Waals surface area contributed by atoms with Gasteiger partial charge in [-0.25, -0.2) is 44.9 Å². The number of benzene rings is 7. The Morgan fingerprint density at radius 3 is 1.39 bits per heavy atom. The van der Waals surface area contributed by atoms with E-state index in [4.69, 9.17) is 39.3 Å².